The molecule has 1 N–H and O–H groups in total. The molecule has 0 radical (unpaired) electrons. The summed E-state index contributed by atoms with van der Waals surface area (Å²) in [5.41, 5.74) is 0. The SMILES string of the molecule is [Cl][Zr+2][Cl].[c-]1nn[nH]n1.c1cc[cH-]c1. The summed E-state index contributed by atoms with van der Waals surface area (Å²) in [5.74, 6) is 0. The maximum absolute atomic E-state index is 4.93. The summed E-state index contributed by atoms with van der Waals surface area (Å²) in [6.45, 7) is 0. The molecule has 0 bridgehead atoms. The minimum atomic E-state index is -0.826. The summed E-state index contributed by atoms with van der Waals surface area (Å²) in [6, 6.07) is 10.0. The zero-order chi connectivity index (χ0) is 9.78. The van der Waals surface area contributed by atoms with E-state index in [9.17, 15) is 0 Å². The predicted octanol–water partition coefficient (Wildman–Crippen LogP) is 1.78. The van der Waals surface area contributed by atoms with Crippen molar-refractivity contribution in [3.63, 3.8) is 0 Å². The first-order chi connectivity index (χ1) is 6.41. The van der Waals surface area contributed by atoms with Gasteiger partial charge in [0.2, 0.25) is 0 Å². The van der Waals surface area contributed by atoms with Crippen molar-refractivity contribution in [2.75, 3.05) is 0 Å². The van der Waals surface area contributed by atoms with Gasteiger partial charge in [0, 0.05) is 0 Å². The number of hydrogen-bond acceptors (Lipinski definition) is 3. The number of nitrogens with zero attached hydrogens (tertiary/aromatic N) is 3. The largest absolute Gasteiger partial charge is 0.357 e. The number of halogens is 2. The molecule has 4 nitrogen and oxygen atoms in total. The molecule has 1 aromatic heterocycles. The second-order valence-corrected chi connectivity index (χ2v) is 5.28. The van der Waals surface area contributed by atoms with Crippen molar-refractivity contribution in [1.29, 1.82) is 0 Å². The van der Waals surface area contributed by atoms with Gasteiger partial charge in [-0.05, 0) is 0 Å². The van der Waals surface area contributed by atoms with Gasteiger partial charge in [0.05, 0.1) is 0 Å². The molecule has 0 unspecified atom stereocenters. The van der Waals surface area contributed by atoms with E-state index < -0.39 is 20.8 Å². The molecule has 68 valence electrons. The first kappa shape index (κ1) is 12.9. The summed E-state index contributed by atoms with van der Waals surface area (Å²) >= 11 is -0.826. The summed E-state index contributed by atoms with van der Waals surface area (Å²) in [6.07, 6.45) is 2.19. The van der Waals surface area contributed by atoms with Crippen LogP contribution in [0.4, 0.5) is 0 Å². The fourth-order valence-corrected chi connectivity index (χ4v) is 0.433. The van der Waals surface area contributed by atoms with E-state index in [1.165, 1.54) is 0 Å². The normalized spacial score (nSPS) is 6.92. The number of rotatable bonds is 0. The molecule has 1 aromatic carbocycles. The van der Waals surface area contributed by atoms with Crippen LogP contribution in [0.3, 0.4) is 0 Å². The Kier molecular flexibility index (Phi) is 11.8. The fourth-order valence-electron chi connectivity index (χ4n) is 0.433. The van der Waals surface area contributed by atoms with E-state index in [2.05, 4.69) is 27.0 Å². The molecule has 2 aromatic rings. The van der Waals surface area contributed by atoms with Gasteiger partial charge < -0.3 is 10.2 Å². The molecule has 0 saturated carbocycles. The molecule has 0 fully saturated rings. The van der Waals surface area contributed by atoms with E-state index in [0.717, 1.165) is 0 Å². The fraction of sp³-hybridized carbons (Fsp3) is 0. The minimum absolute atomic E-state index is 0.826. The monoisotopic (exact) mass is 294 g/mol. The van der Waals surface area contributed by atoms with Crippen molar-refractivity contribution in [3.8, 4) is 0 Å². The van der Waals surface area contributed by atoms with Crippen LogP contribution < -0.4 is 0 Å². The maximum atomic E-state index is 4.93. The van der Waals surface area contributed by atoms with E-state index in [1.807, 2.05) is 30.3 Å². The first-order valence-electron chi connectivity index (χ1n) is 3.14. The number of aromatic nitrogens is 4. The molecule has 13 heavy (non-hydrogen) atoms. The van der Waals surface area contributed by atoms with E-state index in [-0.39, 0.29) is 0 Å². The molecular weight excluding hydrogens is 290 g/mol. The molecule has 0 aliphatic carbocycles. The van der Waals surface area contributed by atoms with E-state index in [0.29, 0.717) is 0 Å². The average molecular weight is 296 g/mol. The van der Waals surface area contributed by atoms with Crippen molar-refractivity contribution in [3.05, 3.63) is 36.7 Å². The van der Waals surface area contributed by atoms with Gasteiger partial charge in [-0.2, -0.15) is 18.2 Å². The Morgan fingerprint density at radius 1 is 1.31 bits per heavy atom. The molecule has 0 aliphatic heterocycles. The zero-order valence-electron chi connectivity index (χ0n) is 6.48. The van der Waals surface area contributed by atoms with Gasteiger partial charge >= 0.3 is 37.9 Å². The molecule has 0 spiro atoms. The molecule has 0 saturated heterocycles. The quantitative estimate of drug-likeness (QED) is 0.754. The van der Waals surface area contributed by atoms with E-state index >= 15 is 0 Å². The molecule has 0 aliphatic rings. The van der Waals surface area contributed by atoms with Crippen LogP contribution in [0, 0.1) is 6.33 Å². The summed E-state index contributed by atoms with van der Waals surface area (Å²) in [4.78, 5) is 0. The number of aromatic amines is 1. The van der Waals surface area contributed by atoms with Crippen molar-refractivity contribution >= 4 is 17.0 Å². The van der Waals surface area contributed by atoms with Crippen LogP contribution >= 0.6 is 17.0 Å². The van der Waals surface area contributed by atoms with Crippen LogP contribution in [-0.2, 0) is 20.8 Å². The van der Waals surface area contributed by atoms with Crippen LogP contribution in [0.5, 0.6) is 0 Å². The molecule has 0 amide bonds. The Hall–Kier alpha value is -0.117. The molecule has 7 heteroatoms. The van der Waals surface area contributed by atoms with Crippen molar-refractivity contribution < 1.29 is 20.8 Å². The van der Waals surface area contributed by atoms with Crippen molar-refractivity contribution in [1.82, 2.24) is 20.6 Å². The van der Waals surface area contributed by atoms with Gasteiger partial charge in [-0.15, -0.1) is 0 Å². The number of tetrazole rings is 1. The van der Waals surface area contributed by atoms with Gasteiger partial charge in [-0.1, -0.05) is 5.21 Å². The summed E-state index contributed by atoms with van der Waals surface area (Å²) in [7, 11) is 9.87. The number of H-pyrrole nitrogens is 1. The molecule has 2 rings (SSSR count). The topological polar surface area (TPSA) is 54.5 Å². The third-order valence-electron chi connectivity index (χ3n) is 0.795. The number of hydrogen-bond donors (Lipinski definition) is 1. The van der Waals surface area contributed by atoms with E-state index in [1.54, 1.807) is 0 Å². The minimum Gasteiger partial charge on any atom is -0.357 e. The van der Waals surface area contributed by atoms with Gasteiger partial charge in [0.25, 0.3) is 0 Å². The standard InChI is InChI=1S/C5H5.CHN4.2ClH.Zr/c2*1-2-4-5-3-1;;;/h1-5H;(H,2,3,4,5);2*1H;/q2*-1;;;+4/p-2. The maximum Gasteiger partial charge on any atom is -0.0920 e. The van der Waals surface area contributed by atoms with Crippen molar-refractivity contribution in [2.24, 2.45) is 0 Å². The molecule has 0 atom stereocenters. The molecule has 1 heterocycles. The smallest absolute Gasteiger partial charge is 0.0920 e. The Morgan fingerprint density at radius 2 is 1.92 bits per heavy atom. The van der Waals surface area contributed by atoms with Crippen molar-refractivity contribution in [2.45, 2.75) is 0 Å². The van der Waals surface area contributed by atoms with Crippen LogP contribution in [0.15, 0.2) is 30.3 Å². The third kappa shape index (κ3) is 11.9. The second-order valence-electron chi connectivity index (χ2n) is 1.55. The van der Waals surface area contributed by atoms with Crippen LogP contribution in [0.25, 0.3) is 0 Å². The van der Waals surface area contributed by atoms with E-state index in [4.69, 9.17) is 17.0 Å². The first-order valence-corrected chi connectivity index (χ1v) is 9.47. The zero-order valence-corrected chi connectivity index (χ0v) is 10.5. The summed E-state index contributed by atoms with van der Waals surface area (Å²) in [5, 5.41) is 11.8. The van der Waals surface area contributed by atoms with Gasteiger partial charge in [-0.25, -0.2) is 23.7 Å². The van der Waals surface area contributed by atoms with Crippen LogP contribution in [0.1, 0.15) is 0 Å². The second kappa shape index (κ2) is 11.9. The van der Waals surface area contributed by atoms with Crippen LogP contribution in [0.2, 0.25) is 0 Å². The summed E-state index contributed by atoms with van der Waals surface area (Å²) < 4.78 is 0. The Labute approximate surface area is 94.7 Å². The Balaban J connectivity index is 0.000000174. The van der Waals surface area contributed by atoms with Gasteiger partial charge in [-0.3, -0.25) is 0 Å². The number of nitrogens with one attached hydrogen (secondary N) is 1. The van der Waals surface area contributed by atoms with Gasteiger partial charge in [0.15, 0.2) is 0 Å². The predicted molar refractivity (Wildman–Crippen MR) is 46.8 cm³/mol. The van der Waals surface area contributed by atoms with Gasteiger partial charge in [0.1, 0.15) is 0 Å². The third-order valence-corrected chi connectivity index (χ3v) is 0.795. The Morgan fingerprint density at radius 3 is 2.08 bits per heavy atom. The molecular formula is C6H6Cl2N4Zr. The average Bonchev–Trinajstić information content (AvgIpc) is 2.85. The van der Waals surface area contributed by atoms with Crippen LogP contribution in [-0.4, -0.2) is 20.6 Å². The Bertz CT molecular complexity index is 174.